The van der Waals surface area contributed by atoms with Crippen molar-refractivity contribution in [2.75, 3.05) is 0 Å². The Labute approximate surface area is 169 Å². The predicted octanol–water partition coefficient (Wildman–Crippen LogP) is 8.46. The van der Waals surface area contributed by atoms with Crippen LogP contribution in [0, 0.1) is 42.1 Å². The summed E-state index contributed by atoms with van der Waals surface area (Å²) in [5, 5.41) is 0. The summed E-state index contributed by atoms with van der Waals surface area (Å²) >= 11 is 0. The molecule has 0 radical (unpaired) electrons. The van der Waals surface area contributed by atoms with E-state index < -0.39 is 17.5 Å². The molecule has 3 rings (SSSR count). The van der Waals surface area contributed by atoms with Gasteiger partial charge in [0, 0.05) is 5.56 Å². The molecule has 0 atom stereocenters. The highest BCUT2D eigenvalue weighted by atomic mass is 19.2. The highest BCUT2D eigenvalue weighted by molar-refractivity contribution is 5.30. The monoisotopic (exact) mass is 394 g/mol. The van der Waals surface area contributed by atoms with Crippen LogP contribution in [0.15, 0.2) is 6.07 Å². The van der Waals surface area contributed by atoms with Crippen LogP contribution < -0.4 is 0 Å². The molecule has 0 spiro atoms. The summed E-state index contributed by atoms with van der Waals surface area (Å²) in [7, 11) is 0. The molecular formula is C25H37F3. The second-order valence-electron chi connectivity index (χ2n) is 9.54. The van der Waals surface area contributed by atoms with Gasteiger partial charge in [-0.3, -0.25) is 0 Å². The molecule has 1 aromatic rings. The summed E-state index contributed by atoms with van der Waals surface area (Å²) in [5.74, 6) is -0.0487. The lowest BCUT2D eigenvalue weighted by atomic mass is 9.73. The van der Waals surface area contributed by atoms with Gasteiger partial charge in [0.05, 0.1) is 0 Å². The SMILES string of the molecule is CCCC[C@H]1CC[C@H](CC[C@H]2CC[C@H](c3c(F)cc(C)c(F)c3F)CC2)CC1. The van der Waals surface area contributed by atoms with Crippen LogP contribution in [0.25, 0.3) is 0 Å². The fourth-order valence-corrected chi connectivity index (χ4v) is 5.61. The van der Waals surface area contributed by atoms with E-state index >= 15 is 0 Å². The molecule has 0 saturated heterocycles. The molecule has 0 bridgehead atoms. The van der Waals surface area contributed by atoms with E-state index in [-0.39, 0.29) is 17.0 Å². The molecule has 28 heavy (non-hydrogen) atoms. The lowest BCUT2D eigenvalue weighted by Gasteiger charge is -2.32. The summed E-state index contributed by atoms with van der Waals surface area (Å²) in [5.41, 5.74) is 0.0452. The van der Waals surface area contributed by atoms with Gasteiger partial charge in [-0.1, -0.05) is 64.7 Å². The van der Waals surface area contributed by atoms with E-state index in [1.807, 2.05) is 0 Å². The maximum Gasteiger partial charge on any atom is 0.165 e. The molecule has 3 heteroatoms. The van der Waals surface area contributed by atoms with Crippen LogP contribution in [-0.2, 0) is 0 Å². The lowest BCUT2D eigenvalue weighted by Crippen LogP contribution is -2.19. The van der Waals surface area contributed by atoms with Crippen LogP contribution in [-0.4, -0.2) is 0 Å². The van der Waals surface area contributed by atoms with Gasteiger partial charge < -0.3 is 0 Å². The minimum Gasteiger partial charge on any atom is -0.207 e. The van der Waals surface area contributed by atoms with Crippen molar-refractivity contribution >= 4 is 0 Å². The highest BCUT2D eigenvalue weighted by Crippen LogP contribution is 2.42. The number of benzene rings is 1. The highest BCUT2D eigenvalue weighted by Gasteiger charge is 2.29. The Hall–Kier alpha value is -0.990. The molecule has 158 valence electrons. The molecule has 1 aromatic carbocycles. The minimum atomic E-state index is -0.958. The quantitative estimate of drug-likeness (QED) is 0.407. The third-order valence-electron chi connectivity index (χ3n) is 7.55. The molecule has 2 saturated carbocycles. The topological polar surface area (TPSA) is 0 Å². The Bertz CT molecular complexity index is 623. The first-order chi connectivity index (χ1) is 13.5. The summed E-state index contributed by atoms with van der Waals surface area (Å²) in [6, 6.07) is 1.15. The van der Waals surface area contributed by atoms with Crippen molar-refractivity contribution in [2.45, 2.75) is 103 Å². The maximum absolute atomic E-state index is 14.3. The summed E-state index contributed by atoms with van der Waals surface area (Å²) < 4.78 is 42.4. The van der Waals surface area contributed by atoms with E-state index in [4.69, 9.17) is 0 Å². The van der Waals surface area contributed by atoms with Crippen LogP contribution in [0.3, 0.4) is 0 Å². The molecule has 2 fully saturated rings. The Balaban J connectivity index is 1.43. The van der Waals surface area contributed by atoms with E-state index in [1.54, 1.807) is 0 Å². The van der Waals surface area contributed by atoms with Gasteiger partial charge in [0.25, 0.3) is 0 Å². The van der Waals surface area contributed by atoms with Crippen LogP contribution in [0.1, 0.15) is 107 Å². The van der Waals surface area contributed by atoms with Gasteiger partial charge in [0.1, 0.15) is 5.82 Å². The van der Waals surface area contributed by atoms with Crippen LogP contribution in [0.4, 0.5) is 13.2 Å². The van der Waals surface area contributed by atoms with Gasteiger partial charge in [-0.05, 0) is 67.9 Å². The van der Waals surface area contributed by atoms with Crippen LogP contribution in [0.5, 0.6) is 0 Å². The average molecular weight is 395 g/mol. The number of hydrogen-bond acceptors (Lipinski definition) is 0. The zero-order valence-electron chi connectivity index (χ0n) is 17.7. The fraction of sp³-hybridized carbons (Fsp3) is 0.760. The predicted molar refractivity (Wildman–Crippen MR) is 110 cm³/mol. The molecule has 2 aliphatic carbocycles. The average Bonchev–Trinajstić information content (AvgIpc) is 2.71. The van der Waals surface area contributed by atoms with Crippen molar-refractivity contribution < 1.29 is 13.2 Å². The smallest absolute Gasteiger partial charge is 0.165 e. The lowest BCUT2D eigenvalue weighted by molar-refractivity contribution is 0.221. The Morgan fingerprint density at radius 3 is 1.79 bits per heavy atom. The van der Waals surface area contributed by atoms with Gasteiger partial charge in [0.2, 0.25) is 0 Å². The summed E-state index contributed by atoms with van der Waals surface area (Å²) in [6.07, 6.45) is 15.9. The van der Waals surface area contributed by atoms with E-state index in [0.717, 1.165) is 43.6 Å². The number of unbranched alkanes of at least 4 members (excludes halogenated alkanes) is 1. The van der Waals surface area contributed by atoms with Gasteiger partial charge in [-0.25, -0.2) is 13.2 Å². The second-order valence-corrected chi connectivity index (χ2v) is 9.54. The third kappa shape index (κ3) is 5.33. The van der Waals surface area contributed by atoms with E-state index in [9.17, 15) is 13.2 Å². The zero-order valence-corrected chi connectivity index (χ0v) is 17.7. The van der Waals surface area contributed by atoms with Gasteiger partial charge in [0.15, 0.2) is 11.6 Å². The molecule has 0 N–H and O–H groups in total. The van der Waals surface area contributed by atoms with Crippen LogP contribution in [0.2, 0.25) is 0 Å². The van der Waals surface area contributed by atoms with Crippen molar-refractivity contribution in [2.24, 2.45) is 17.8 Å². The Morgan fingerprint density at radius 2 is 1.25 bits per heavy atom. The summed E-state index contributed by atoms with van der Waals surface area (Å²) in [4.78, 5) is 0. The normalized spacial score (nSPS) is 28.5. The van der Waals surface area contributed by atoms with Gasteiger partial charge in [-0.2, -0.15) is 0 Å². The van der Waals surface area contributed by atoms with Crippen molar-refractivity contribution in [1.82, 2.24) is 0 Å². The fourth-order valence-electron chi connectivity index (χ4n) is 5.61. The molecule has 0 heterocycles. The van der Waals surface area contributed by atoms with Crippen molar-refractivity contribution in [3.05, 3.63) is 34.6 Å². The first-order valence-corrected chi connectivity index (χ1v) is 11.6. The molecule has 0 unspecified atom stereocenters. The van der Waals surface area contributed by atoms with Crippen molar-refractivity contribution in [3.63, 3.8) is 0 Å². The first-order valence-electron chi connectivity index (χ1n) is 11.6. The van der Waals surface area contributed by atoms with Gasteiger partial charge >= 0.3 is 0 Å². The maximum atomic E-state index is 14.3. The third-order valence-corrected chi connectivity index (χ3v) is 7.55. The van der Waals surface area contributed by atoms with E-state index in [2.05, 4.69) is 6.92 Å². The number of rotatable bonds is 7. The minimum absolute atomic E-state index is 0.00745. The van der Waals surface area contributed by atoms with Crippen molar-refractivity contribution in [1.29, 1.82) is 0 Å². The molecule has 0 amide bonds. The van der Waals surface area contributed by atoms with Crippen molar-refractivity contribution in [3.8, 4) is 0 Å². The Morgan fingerprint density at radius 1 is 0.750 bits per heavy atom. The molecule has 0 nitrogen and oxygen atoms in total. The molecule has 0 aromatic heterocycles. The largest absolute Gasteiger partial charge is 0.207 e. The Kier molecular flexibility index (Phi) is 7.88. The number of aryl methyl sites for hydroxylation is 1. The number of hydrogen-bond donors (Lipinski definition) is 0. The van der Waals surface area contributed by atoms with Crippen LogP contribution >= 0.6 is 0 Å². The van der Waals surface area contributed by atoms with Gasteiger partial charge in [-0.15, -0.1) is 0 Å². The zero-order chi connectivity index (χ0) is 20.1. The second kappa shape index (κ2) is 10.2. The molecule has 0 aliphatic heterocycles. The number of halogens is 3. The summed E-state index contributed by atoms with van der Waals surface area (Å²) in [6.45, 7) is 3.69. The molecular weight excluding hydrogens is 357 g/mol. The molecule has 2 aliphatic rings. The standard InChI is InChI=1S/C25H37F3/c1-3-4-5-18-6-8-19(9-7-18)10-11-20-12-14-21(15-13-20)23-22(26)16-17(2)24(27)25(23)28/h16,18-21H,3-15H2,1-2H3/t18-,19-,20-,21-. The van der Waals surface area contributed by atoms with E-state index in [0.29, 0.717) is 5.92 Å². The first kappa shape index (κ1) is 21.7. The van der Waals surface area contributed by atoms with E-state index in [1.165, 1.54) is 64.7 Å².